The molecule has 2 aromatic rings. The van der Waals surface area contributed by atoms with Gasteiger partial charge in [-0.3, -0.25) is 9.59 Å². The Morgan fingerprint density at radius 1 is 1.12 bits per heavy atom. The molecule has 0 heterocycles. The van der Waals surface area contributed by atoms with Gasteiger partial charge >= 0.3 is 0 Å². The monoisotopic (exact) mass is 357 g/mol. The van der Waals surface area contributed by atoms with Crippen LogP contribution < -0.4 is 16.0 Å². The van der Waals surface area contributed by atoms with Gasteiger partial charge in [-0.1, -0.05) is 41.9 Å². The van der Waals surface area contributed by atoms with Crippen LogP contribution in [0.3, 0.4) is 0 Å². The average Bonchev–Trinajstić information content (AvgIpc) is 3.39. The molecule has 2 aromatic carbocycles. The van der Waals surface area contributed by atoms with Gasteiger partial charge in [-0.2, -0.15) is 0 Å². The Balaban J connectivity index is 1.80. The molecule has 6 heteroatoms. The minimum atomic E-state index is -0.510. The Labute approximate surface area is 151 Å². The third-order valence-electron chi connectivity index (χ3n) is 3.91. The van der Waals surface area contributed by atoms with E-state index in [1.807, 2.05) is 30.3 Å². The van der Waals surface area contributed by atoms with Crippen molar-refractivity contribution in [1.29, 1.82) is 0 Å². The van der Waals surface area contributed by atoms with Crippen molar-refractivity contribution in [3.05, 3.63) is 59.1 Å². The fourth-order valence-electron chi connectivity index (χ4n) is 2.52. The van der Waals surface area contributed by atoms with E-state index in [-0.39, 0.29) is 17.9 Å². The first-order valence-electron chi connectivity index (χ1n) is 8.22. The van der Waals surface area contributed by atoms with Crippen molar-refractivity contribution < 1.29 is 9.59 Å². The lowest BCUT2D eigenvalue weighted by molar-refractivity contribution is -0.122. The number of hydrogen-bond acceptors (Lipinski definition) is 3. The van der Waals surface area contributed by atoms with E-state index in [1.165, 1.54) is 6.92 Å². The summed E-state index contributed by atoms with van der Waals surface area (Å²) in [6, 6.07) is 14.5. The molecule has 1 atom stereocenters. The predicted octanol–water partition coefficient (Wildman–Crippen LogP) is 3.73. The van der Waals surface area contributed by atoms with E-state index < -0.39 is 6.04 Å². The minimum Gasteiger partial charge on any atom is -0.370 e. The minimum absolute atomic E-state index is 0.0595. The van der Waals surface area contributed by atoms with Crippen molar-refractivity contribution in [1.82, 2.24) is 5.32 Å². The summed E-state index contributed by atoms with van der Waals surface area (Å²) in [4.78, 5) is 23.8. The van der Waals surface area contributed by atoms with Crippen LogP contribution in [0.1, 0.15) is 31.4 Å². The number of benzene rings is 2. The van der Waals surface area contributed by atoms with Crippen molar-refractivity contribution in [3.8, 4) is 0 Å². The maximum Gasteiger partial charge on any atom is 0.247 e. The largest absolute Gasteiger partial charge is 0.370 e. The molecule has 3 rings (SSSR count). The van der Waals surface area contributed by atoms with Gasteiger partial charge < -0.3 is 16.0 Å². The van der Waals surface area contributed by atoms with Crippen LogP contribution in [-0.2, 0) is 9.59 Å². The summed E-state index contributed by atoms with van der Waals surface area (Å²) in [7, 11) is 0. The molecule has 1 aliphatic carbocycles. The van der Waals surface area contributed by atoms with Crippen LogP contribution in [0.5, 0.6) is 0 Å². The quantitative estimate of drug-likeness (QED) is 0.737. The van der Waals surface area contributed by atoms with Crippen LogP contribution in [0.4, 0.5) is 11.4 Å². The summed E-state index contributed by atoms with van der Waals surface area (Å²) >= 11 is 6.22. The molecule has 0 bridgehead atoms. The van der Waals surface area contributed by atoms with Gasteiger partial charge in [-0.05, 0) is 36.6 Å². The molecule has 0 radical (unpaired) electrons. The van der Waals surface area contributed by atoms with Gasteiger partial charge in [0.2, 0.25) is 11.8 Å². The van der Waals surface area contributed by atoms with E-state index in [0.717, 1.165) is 18.4 Å². The molecule has 1 aliphatic rings. The number of hydrogen-bond donors (Lipinski definition) is 3. The van der Waals surface area contributed by atoms with Gasteiger partial charge in [0.1, 0.15) is 6.04 Å². The zero-order chi connectivity index (χ0) is 17.8. The topological polar surface area (TPSA) is 70.2 Å². The Kier molecular flexibility index (Phi) is 5.24. The Bertz CT molecular complexity index is 775. The number of carbonyl (C=O) groups is 2. The summed E-state index contributed by atoms with van der Waals surface area (Å²) < 4.78 is 0. The second-order valence-corrected chi connectivity index (χ2v) is 6.55. The standard InChI is InChI=1S/C19H20ClN3O2/c1-12(24)21-17-10-9-15(11-16(17)20)22-18(13-5-3-2-4-6-13)19(25)23-14-7-8-14/h2-6,9-11,14,18,22H,7-8H2,1H3,(H,21,24)(H,23,25). The summed E-state index contributed by atoms with van der Waals surface area (Å²) in [5.74, 6) is -0.246. The predicted molar refractivity (Wildman–Crippen MR) is 99.7 cm³/mol. The summed E-state index contributed by atoms with van der Waals surface area (Å²) in [6.45, 7) is 1.43. The first-order valence-corrected chi connectivity index (χ1v) is 8.60. The smallest absolute Gasteiger partial charge is 0.247 e. The third-order valence-corrected chi connectivity index (χ3v) is 4.22. The van der Waals surface area contributed by atoms with Crippen molar-refractivity contribution in [2.24, 2.45) is 0 Å². The lowest BCUT2D eigenvalue weighted by Gasteiger charge is -2.20. The number of carbonyl (C=O) groups excluding carboxylic acids is 2. The number of amides is 2. The van der Waals surface area contributed by atoms with Crippen molar-refractivity contribution >= 4 is 34.8 Å². The van der Waals surface area contributed by atoms with Gasteiger partial charge in [0.05, 0.1) is 10.7 Å². The van der Waals surface area contributed by atoms with Crippen LogP contribution in [0, 0.1) is 0 Å². The SMILES string of the molecule is CC(=O)Nc1ccc(NC(C(=O)NC2CC2)c2ccccc2)cc1Cl. The number of nitrogens with one attached hydrogen (secondary N) is 3. The Hall–Kier alpha value is -2.53. The molecule has 0 spiro atoms. The van der Waals surface area contributed by atoms with Gasteiger partial charge in [0.25, 0.3) is 0 Å². The molecule has 1 fully saturated rings. The second-order valence-electron chi connectivity index (χ2n) is 6.15. The van der Waals surface area contributed by atoms with Gasteiger partial charge in [-0.25, -0.2) is 0 Å². The zero-order valence-corrected chi connectivity index (χ0v) is 14.6. The Morgan fingerprint density at radius 3 is 2.44 bits per heavy atom. The van der Waals surface area contributed by atoms with Gasteiger partial charge in [0.15, 0.2) is 0 Å². The highest BCUT2D eigenvalue weighted by Gasteiger charge is 2.28. The lowest BCUT2D eigenvalue weighted by atomic mass is 10.1. The first kappa shape index (κ1) is 17.3. The molecule has 130 valence electrons. The molecule has 3 N–H and O–H groups in total. The van der Waals surface area contributed by atoms with Crippen LogP contribution in [-0.4, -0.2) is 17.9 Å². The molecule has 1 saturated carbocycles. The van der Waals surface area contributed by atoms with Crippen molar-refractivity contribution in [2.75, 3.05) is 10.6 Å². The maximum atomic E-state index is 12.6. The summed E-state index contributed by atoms with van der Waals surface area (Å²) in [5, 5.41) is 9.35. The lowest BCUT2D eigenvalue weighted by Crippen LogP contribution is -2.34. The van der Waals surface area contributed by atoms with E-state index in [0.29, 0.717) is 16.4 Å². The summed E-state index contributed by atoms with van der Waals surface area (Å²) in [5.41, 5.74) is 2.13. The number of rotatable bonds is 6. The van der Waals surface area contributed by atoms with E-state index in [9.17, 15) is 9.59 Å². The van der Waals surface area contributed by atoms with Gasteiger partial charge in [-0.15, -0.1) is 0 Å². The van der Waals surface area contributed by atoms with E-state index in [1.54, 1.807) is 18.2 Å². The van der Waals surface area contributed by atoms with Crippen LogP contribution in [0.15, 0.2) is 48.5 Å². The molecule has 0 aromatic heterocycles. The second kappa shape index (κ2) is 7.57. The molecular weight excluding hydrogens is 338 g/mol. The highest BCUT2D eigenvalue weighted by atomic mass is 35.5. The summed E-state index contributed by atoms with van der Waals surface area (Å²) in [6.07, 6.45) is 2.06. The molecular formula is C19H20ClN3O2. The zero-order valence-electron chi connectivity index (χ0n) is 13.9. The molecule has 0 saturated heterocycles. The third kappa shape index (κ3) is 4.73. The molecule has 5 nitrogen and oxygen atoms in total. The average molecular weight is 358 g/mol. The van der Waals surface area contributed by atoms with Crippen LogP contribution in [0.2, 0.25) is 5.02 Å². The molecule has 25 heavy (non-hydrogen) atoms. The number of halogens is 1. The normalized spacial score (nSPS) is 14.5. The van der Waals surface area contributed by atoms with E-state index >= 15 is 0 Å². The van der Waals surface area contributed by atoms with Gasteiger partial charge in [0, 0.05) is 18.7 Å². The maximum absolute atomic E-state index is 12.6. The van der Waals surface area contributed by atoms with Crippen LogP contribution in [0.25, 0.3) is 0 Å². The van der Waals surface area contributed by atoms with Crippen molar-refractivity contribution in [3.63, 3.8) is 0 Å². The van der Waals surface area contributed by atoms with Crippen molar-refractivity contribution in [2.45, 2.75) is 31.8 Å². The van der Waals surface area contributed by atoms with Crippen LogP contribution >= 0.6 is 11.6 Å². The Morgan fingerprint density at radius 2 is 1.84 bits per heavy atom. The highest BCUT2D eigenvalue weighted by Crippen LogP contribution is 2.29. The van der Waals surface area contributed by atoms with E-state index in [4.69, 9.17) is 11.6 Å². The fourth-order valence-corrected chi connectivity index (χ4v) is 2.75. The molecule has 2 amide bonds. The highest BCUT2D eigenvalue weighted by molar-refractivity contribution is 6.34. The fraction of sp³-hybridized carbons (Fsp3) is 0.263. The first-order chi connectivity index (χ1) is 12.0. The molecule has 0 aliphatic heterocycles. The van der Waals surface area contributed by atoms with E-state index in [2.05, 4.69) is 16.0 Å². The number of anilines is 2. The molecule has 1 unspecified atom stereocenters.